The second kappa shape index (κ2) is 1.83. The lowest BCUT2D eigenvalue weighted by Crippen LogP contribution is -2.23. The smallest absolute Gasteiger partial charge is 0.00417 e. The average molecular weight is 99.2 g/mol. The summed E-state index contributed by atoms with van der Waals surface area (Å²) in [6.07, 6.45) is 2.72. The minimum atomic E-state index is 0.773. The van der Waals surface area contributed by atoms with Crippen LogP contribution in [0.1, 0.15) is 26.7 Å². The van der Waals surface area contributed by atoms with Gasteiger partial charge < -0.3 is 5.32 Å². The third-order valence-electron chi connectivity index (χ3n) is 1.60. The number of nitrogens with one attached hydrogen (secondary N) is 1. The third-order valence-corrected chi connectivity index (χ3v) is 1.60. The Hall–Kier alpha value is -0.0400. The molecule has 2 atom stereocenters. The van der Waals surface area contributed by atoms with Crippen LogP contribution in [0.3, 0.4) is 0 Å². The van der Waals surface area contributed by atoms with Crippen molar-refractivity contribution in [3.8, 4) is 0 Å². The fourth-order valence-corrected chi connectivity index (χ4v) is 1.15. The maximum Gasteiger partial charge on any atom is 0.00417 e. The normalized spacial score (nSPS) is 42.0. The molecular formula is C6H13N. The fourth-order valence-electron chi connectivity index (χ4n) is 1.15. The van der Waals surface area contributed by atoms with Gasteiger partial charge in [0.25, 0.3) is 0 Å². The van der Waals surface area contributed by atoms with E-state index < -0.39 is 0 Å². The van der Waals surface area contributed by atoms with Gasteiger partial charge in [0.05, 0.1) is 0 Å². The summed E-state index contributed by atoms with van der Waals surface area (Å²) in [4.78, 5) is 0. The lowest BCUT2D eigenvalue weighted by atomic mass is 10.2. The summed E-state index contributed by atoms with van der Waals surface area (Å²) in [7, 11) is 0. The monoisotopic (exact) mass is 99.1 g/mol. The van der Waals surface area contributed by atoms with Gasteiger partial charge in [0, 0.05) is 12.1 Å². The van der Waals surface area contributed by atoms with E-state index in [9.17, 15) is 0 Å². The van der Waals surface area contributed by atoms with Crippen molar-refractivity contribution in [2.24, 2.45) is 0 Å². The van der Waals surface area contributed by atoms with E-state index >= 15 is 0 Å². The second-order valence-electron chi connectivity index (χ2n) is 2.55. The third kappa shape index (κ3) is 1.16. The molecule has 1 unspecified atom stereocenters. The summed E-state index contributed by atoms with van der Waals surface area (Å²) in [5.74, 6) is 0. The molecule has 0 aromatic heterocycles. The van der Waals surface area contributed by atoms with Crippen molar-refractivity contribution in [3.63, 3.8) is 0 Å². The standard InChI is InChI=1S/C6H13N/c1-5-3-4-6(2)7-5/h5-7H,3-4H2,1-2H3/t5-,6?/m1/s1. The van der Waals surface area contributed by atoms with Crippen LogP contribution in [0.2, 0.25) is 0 Å². The summed E-state index contributed by atoms with van der Waals surface area (Å²) in [6.45, 7) is 4.48. The van der Waals surface area contributed by atoms with E-state index in [0.717, 1.165) is 12.1 Å². The van der Waals surface area contributed by atoms with E-state index in [1.807, 2.05) is 0 Å². The van der Waals surface area contributed by atoms with Gasteiger partial charge in [-0.2, -0.15) is 0 Å². The first-order valence-electron chi connectivity index (χ1n) is 3.05. The van der Waals surface area contributed by atoms with Crippen LogP contribution in [0.4, 0.5) is 0 Å². The molecule has 1 heterocycles. The van der Waals surface area contributed by atoms with Gasteiger partial charge in [-0.25, -0.2) is 0 Å². The Kier molecular flexibility index (Phi) is 1.33. The van der Waals surface area contributed by atoms with Crippen molar-refractivity contribution < 1.29 is 0 Å². The van der Waals surface area contributed by atoms with Crippen LogP contribution in [0, 0.1) is 0 Å². The highest BCUT2D eigenvalue weighted by molar-refractivity contribution is 4.76. The van der Waals surface area contributed by atoms with Gasteiger partial charge in [-0.15, -0.1) is 0 Å². The van der Waals surface area contributed by atoms with E-state index in [1.165, 1.54) is 12.8 Å². The van der Waals surface area contributed by atoms with Gasteiger partial charge >= 0.3 is 0 Å². The molecule has 1 N–H and O–H groups in total. The molecule has 0 aromatic carbocycles. The molecule has 0 amide bonds. The second-order valence-corrected chi connectivity index (χ2v) is 2.55. The largest absolute Gasteiger partial charge is 0.312 e. The maximum atomic E-state index is 3.42. The first-order chi connectivity index (χ1) is 3.29. The van der Waals surface area contributed by atoms with Gasteiger partial charge in [-0.05, 0) is 26.7 Å². The molecule has 0 saturated carbocycles. The zero-order chi connectivity index (χ0) is 5.28. The summed E-state index contributed by atoms with van der Waals surface area (Å²) >= 11 is 0. The molecule has 1 nitrogen and oxygen atoms in total. The Morgan fingerprint density at radius 3 is 1.71 bits per heavy atom. The Morgan fingerprint density at radius 1 is 1.14 bits per heavy atom. The molecule has 1 aliphatic rings. The summed E-state index contributed by atoms with van der Waals surface area (Å²) in [5, 5.41) is 3.42. The number of hydrogen-bond acceptors (Lipinski definition) is 1. The molecule has 0 aromatic rings. The molecule has 42 valence electrons. The molecule has 1 saturated heterocycles. The van der Waals surface area contributed by atoms with Gasteiger partial charge in [0.2, 0.25) is 0 Å². The number of rotatable bonds is 0. The van der Waals surface area contributed by atoms with E-state index in [-0.39, 0.29) is 0 Å². The molecule has 1 fully saturated rings. The molecular weight excluding hydrogens is 86.1 g/mol. The zero-order valence-corrected chi connectivity index (χ0v) is 5.07. The number of hydrogen-bond donors (Lipinski definition) is 1. The summed E-state index contributed by atoms with van der Waals surface area (Å²) in [5.41, 5.74) is 0. The van der Waals surface area contributed by atoms with Crippen LogP contribution in [0.5, 0.6) is 0 Å². The molecule has 1 rings (SSSR count). The van der Waals surface area contributed by atoms with Crippen LogP contribution in [0.25, 0.3) is 0 Å². The maximum absolute atomic E-state index is 3.42. The van der Waals surface area contributed by atoms with Gasteiger partial charge in [-0.3, -0.25) is 0 Å². The first kappa shape index (κ1) is 5.10. The van der Waals surface area contributed by atoms with Gasteiger partial charge in [-0.1, -0.05) is 0 Å². The highest BCUT2D eigenvalue weighted by Crippen LogP contribution is 2.09. The molecule has 0 aliphatic carbocycles. The van der Waals surface area contributed by atoms with Crippen LogP contribution in [-0.2, 0) is 0 Å². The molecule has 0 radical (unpaired) electrons. The van der Waals surface area contributed by atoms with Crippen molar-refractivity contribution in [1.29, 1.82) is 0 Å². The molecule has 1 heteroatoms. The SMILES string of the molecule is CC1CC[C@@H](C)N1. The molecule has 1 aliphatic heterocycles. The van der Waals surface area contributed by atoms with Crippen molar-refractivity contribution >= 4 is 0 Å². The molecule has 7 heavy (non-hydrogen) atoms. The lowest BCUT2D eigenvalue weighted by Gasteiger charge is -2.01. The van der Waals surface area contributed by atoms with Gasteiger partial charge in [0.15, 0.2) is 0 Å². The fraction of sp³-hybridized carbons (Fsp3) is 1.00. The Labute approximate surface area is 45.1 Å². The van der Waals surface area contributed by atoms with Crippen LogP contribution in [0.15, 0.2) is 0 Å². The van der Waals surface area contributed by atoms with Crippen LogP contribution < -0.4 is 5.32 Å². The molecule has 0 bridgehead atoms. The average Bonchev–Trinajstić information content (AvgIpc) is 1.87. The molecule has 0 spiro atoms. The van der Waals surface area contributed by atoms with Crippen molar-refractivity contribution in [3.05, 3.63) is 0 Å². The Bertz CT molecular complexity index is 53.2. The van der Waals surface area contributed by atoms with E-state index in [1.54, 1.807) is 0 Å². The lowest BCUT2D eigenvalue weighted by molar-refractivity contribution is 0.596. The van der Waals surface area contributed by atoms with E-state index in [0.29, 0.717) is 0 Å². The van der Waals surface area contributed by atoms with Crippen molar-refractivity contribution in [1.82, 2.24) is 5.32 Å². The first-order valence-corrected chi connectivity index (χ1v) is 3.05. The van der Waals surface area contributed by atoms with Crippen molar-refractivity contribution in [2.45, 2.75) is 38.8 Å². The Morgan fingerprint density at radius 2 is 1.57 bits per heavy atom. The predicted molar refractivity (Wildman–Crippen MR) is 31.3 cm³/mol. The van der Waals surface area contributed by atoms with Crippen LogP contribution >= 0.6 is 0 Å². The Balaban J connectivity index is 2.26. The quantitative estimate of drug-likeness (QED) is 0.480. The zero-order valence-electron chi connectivity index (χ0n) is 5.07. The topological polar surface area (TPSA) is 12.0 Å². The van der Waals surface area contributed by atoms with E-state index in [2.05, 4.69) is 19.2 Å². The minimum Gasteiger partial charge on any atom is -0.312 e. The highest BCUT2D eigenvalue weighted by Gasteiger charge is 2.14. The summed E-state index contributed by atoms with van der Waals surface area (Å²) in [6, 6.07) is 1.55. The van der Waals surface area contributed by atoms with E-state index in [4.69, 9.17) is 0 Å². The van der Waals surface area contributed by atoms with Gasteiger partial charge in [0.1, 0.15) is 0 Å². The highest BCUT2D eigenvalue weighted by atomic mass is 15.0. The summed E-state index contributed by atoms with van der Waals surface area (Å²) < 4.78 is 0. The predicted octanol–water partition coefficient (Wildman–Crippen LogP) is 1.15. The van der Waals surface area contributed by atoms with Crippen LogP contribution in [-0.4, -0.2) is 12.1 Å². The minimum absolute atomic E-state index is 0.773. The van der Waals surface area contributed by atoms with Crippen molar-refractivity contribution in [2.75, 3.05) is 0 Å².